The average Bonchev–Trinajstić information content (AvgIpc) is 2.92. The Balaban J connectivity index is 1.71. The van der Waals surface area contributed by atoms with Gasteiger partial charge in [-0.15, -0.1) is 0 Å². The number of fused-ring (bicyclic) bond motifs is 1. The van der Waals surface area contributed by atoms with Gasteiger partial charge in [0.05, 0.1) is 0 Å². The van der Waals surface area contributed by atoms with E-state index in [9.17, 15) is 13.6 Å². The molecule has 2 fully saturated rings. The zero-order chi connectivity index (χ0) is 13.4. The minimum absolute atomic E-state index is 0.140. The van der Waals surface area contributed by atoms with Gasteiger partial charge in [0.15, 0.2) is 5.78 Å². The van der Waals surface area contributed by atoms with E-state index < -0.39 is 11.6 Å². The van der Waals surface area contributed by atoms with Crippen LogP contribution in [0.2, 0.25) is 0 Å². The molecule has 19 heavy (non-hydrogen) atoms. The Hall–Kier alpha value is -1.29. The summed E-state index contributed by atoms with van der Waals surface area (Å²) in [5, 5.41) is 3.38. The quantitative estimate of drug-likeness (QED) is 0.851. The molecule has 102 valence electrons. The predicted octanol–water partition coefficient (Wildman–Crippen LogP) is 2.93. The lowest BCUT2D eigenvalue weighted by Gasteiger charge is -2.17. The highest BCUT2D eigenvalue weighted by Crippen LogP contribution is 2.38. The van der Waals surface area contributed by atoms with Crippen molar-refractivity contribution in [2.24, 2.45) is 11.8 Å². The lowest BCUT2D eigenvalue weighted by molar-refractivity contribution is 0.0962. The second kappa shape index (κ2) is 5.00. The molecule has 0 spiro atoms. The highest BCUT2D eigenvalue weighted by atomic mass is 19.1. The molecule has 1 aromatic rings. The van der Waals surface area contributed by atoms with Gasteiger partial charge in [-0.2, -0.15) is 0 Å². The van der Waals surface area contributed by atoms with Crippen LogP contribution in [-0.2, 0) is 0 Å². The zero-order valence-electron chi connectivity index (χ0n) is 10.7. The van der Waals surface area contributed by atoms with Gasteiger partial charge in [-0.1, -0.05) is 6.42 Å². The van der Waals surface area contributed by atoms with E-state index >= 15 is 0 Å². The number of halogens is 2. The van der Waals surface area contributed by atoms with Crippen LogP contribution in [0, 0.1) is 23.5 Å². The first-order valence-electron chi connectivity index (χ1n) is 6.86. The minimum atomic E-state index is -0.693. The van der Waals surface area contributed by atoms with Crippen LogP contribution in [0.3, 0.4) is 0 Å². The number of rotatable bonds is 3. The molecule has 0 bridgehead atoms. The van der Waals surface area contributed by atoms with Crippen LogP contribution in [0.1, 0.15) is 36.0 Å². The maximum atomic E-state index is 13.1. The summed E-state index contributed by atoms with van der Waals surface area (Å²) >= 11 is 0. The highest BCUT2D eigenvalue weighted by molar-refractivity contribution is 5.96. The molecule has 1 aliphatic carbocycles. The SMILES string of the molecule is O=C(CC1NCC2CCCC21)c1cc(F)cc(F)c1. The molecule has 3 rings (SSSR count). The third-order valence-electron chi connectivity index (χ3n) is 4.47. The Morgan fingerprint density at radius 3 is 2.68 bits per heavy atom. The Labute approximate surface area is 111 Å². The van der Waals surface area contributed by atoms with E-state index in [0.717, 1.165) is 31.2 Å². The van der Waals surface area contributed by atoms with Crippen LogP contribution in [0.15, 0.2) is 18.2 Å². The van der Waals surface area contributed by atoms with Gasteiger partial charge in [0, 0.05) is 24.1 Å². The fourth-order valence-electron chi connectivity index (χ4n) is 3.56. The van der Waals surface area contributed by atoms with Crippen LogP contribution >= 0.6 is 0 Å². The van der Waals surface area contributed by atoms with Crippen molar-refractivity contribution >= 4 is 5.78 Å². The monoisotopic (exact) mass is 265 g/mol. The molecule has 0 aromatic heterocycles. The molecule has 0 amide bonds. The van der Waals surface area contributed by atoms with Gasteiger partial charge in [0.25, 0.3) is 0 Å². The molecule has 1 aliphatic heterocycles. The van der Waals surface area contributed by atoms with Gasteiger partial charge in [-0.25, -0.2) is 8.78 Å². The number of Topliss-reactive ketones (excluding diaryl/α,β-unsaturated/α-hetero) is 1. The second-order valence-corrected chi connectivity index (χ2v) is 5.66. The molecule has 0 radical (unpaired) electrons. The van der Waals surface area contributed by atoms with Crippen LogP contribution in [0.5, 0.6) is 0 Å². The maximum absolute atomic E-state index is 13.1. The standard InChI is InChI=1S/C15H17F2NO/c16-11-4-10(5-12(17)6-11)15(19)7-14-13-3-1-2-9(13)8-18-14/h4-6,9,13-14,18H,1-3,7-8H2. The van der Waals surface area contributed by atoms with E-state index in [2.05, 4.69) is 5.32 Å². The Morgan fingerprint density at radius 2 is 1.95 bits per heavy atom. The van der Waals surface area contributed by atoms with E-state index in [1.165, 1.54) is 12.8 Å². The molecular weight excluding hydrogens is 248 g/mol. The van der Waals surface area contributed by atoms with Gasteiger partial charge in [0.2, 0.25) is 0 Å². The van der Waals surface area contributed by atoms with E-state index in [0.29, 0.717) is 18.3 Å². The normalized spacial score (nSPS) is 29.5. The van der Waals surface area contributed by atoms with Crippen molar-refractivity contribution in [2.45, 2.75) is 31.7 Å². The van der Waals surface area contributed by atoms with Gasteiger partial charge in [0.1, 0.15) is 11.6 Å². The van der Waals surface area contributed by atoms with Gasteiger partial charge >= 0.3 is 0 Å². The first kappa shape index (κ1) is 12.7. The summed E-state index contributed by atoms with van der Waals surface area (Å²) in [5.74, 6) is -0.323. The van der Waals surface area contributed by atoms with Gasteiger partial charge in [-0.3, -0.25) is 4.79 Å². The summed E-state index contributed by atoms with van der Waals surface area (Å²) in [6.07, 6.45) is 3.96. The number of benzene rings is 1. The minimum Gasteiger partial charge on any atom is -0.313 e. The van der Waals surface area contributed by atoms with Crippen molar-refractivity contribution in [3.63, 3.8) is 0 Å². The third kappa shape index (κ3) is 2.54. The first-order valence-corrected chi connectivity index (χ1v) is 6.86. The maximum Gasteiger partial charge on any atom is 0.164 e. The first-order chi connectivity index (χ1) is 9.13. The zero-order valence-corrected chi connectivity index (χ0v) is 10.7. The van der Waals surface area contributed by atoms with Crippen molar-refractivity contribution in [3.8, 4) is 0 Å². The molecule has 4 heteroatoms. The van der Waals surface area contributed by atoms with Gasteiger partial charge < -0.3 is 5.32 Å². The fourth-order valence-corrected chi connectivity index (χ4v) is 3.56. The highest BCUT2D eigenvalue weighted by Gasteiger charge is 2.39. The van der Waals surface area contributed by atoms with Crippen LogP contribution in [0.25, 0.3) is 0 Å². The molecule has 1 saturated heterocycles. The van der Waals surface area contributed by atoms with E-state index in [1.54, 1.807) is 0 Å². The van der Waals surface area contributed by atoms with Crippen LogP contribution in [0.4, 0.5) is 8.78 Å². The summed E-state index contributed by atoms with van der Waals surface area (Å²) in [6.45, 7) is 0.972. The Kier molecular flexibility index (Phi) is 3.35. The summed E-state index contributed by atoms with van der Waals surface area (Å²) in [5.41, 5.74) is 0.140. The molecule has 2 nitrogen and oxygen atoms in total. The van der Waals surface area contributed by atoms with E-state index in [1.807, 2.05) is 0 Å². The van der Waals surface area contributed by atoms with Crippen molar-refractivity contribution in [3.05, 3.63) is 35.4 Å². The second-order valence-electron chi connectivity index (χ2n) is 5.66. The molecule has 1 N–H and O–H groups in total. The summed E-state index contributed by atoms with van der Waals surface area (Å²) in [4.78, 5) is 12.1. The van der Waals surface area contributed by atoms with Crippen LogP contribution < -0.4 is 5.32 Å². The topological polar surface area (TPSA) is 29.1 Å². The predicted molar refractivity (Wildman–Crippen MR) is 67.9 cm³/mol. The Morgan fingerprint density at radius 1 is 1.21 bits per heavy atom. The van der Waals surface area contributed by atoms with Crippen molar-refractivity contribution in [1.82, 2.24) is 5.32 Å². The van der Waals surface area contributed by atoms with Gasteiger partial charge in [-0.05, 0) is 43.4 Å². The van der Waals surface area contributed by atoms with E-state index in [4.69, 9.17) is 0 Å². The summed E-state index contributed by atoms with van der Waals surface area (Å²) in [7, 11) is 0. The Bertz CT molecular complexity index is 483. The summed E-state index contributed by atoms with van der Waals surface area (Å²) < 4.78 is 26.2. The molecule has 3 atom stereocenters. The largest absolute Gasteiger partial charge is 0.313 e. The molecule has 1 aromatic carbocycles. The third-order valence-corrected chi connectivity index (χ3v) is 4.47. The number of ketones is 1. The lowest BCUT2D eigenvalue weighted by Crippen LogP contribution is -2.29. The number of nitrogens with one attached hydrogen (secondary N) is 1. The fraction of sp³-hybridized carbons (Fsp3) is 0.533. The van der Waals surface area contributed by atoms with E-state index in [-0.39, 0.29) is 17.4 Å². The molecule has 2 aliphatic rings. The smallest absolute Gasteiger partial charge is 0.164 e. The van der Waals surface area contributed by atoms with Crippen molar-refractivity contribution in [2.75, 3.05) is 6.54 Å². The number of hydrogen-bond acceptors (Lipinski definition) is 2. The van der Waals surface area contributed by atoms with Crippen molar-refractivity contribution in [1.29, 1.82) is 0 Å². The molecule has 1 saturated carbocycles. The molecule has 3 unspecified atom stereocenters. The molecular formula is C15H17F2NO. The molecule has 1 heterocycles. The number of carbonyl (C=O) groups excluding carboxylic acids is 1. The number of carbonyl (C=O) groups is 1. The average molecular weight is 265 g/mol. The lowest BCUT2D eigenvalue weighted by atomic mass is 9.90. The van der Waals surface area contributed by atoms with Crippen molar-refractivity contribution < 1.29 is 13.6 Å². The number of hydrogen-bond donors (Lipinski definition) is 1. The van der Waals surface area contributed by atoms with Crippen LogP contribution in [-0.4, -0.2) is 18.4 Å². The summed E-state index contributed by atoms with van der Waals surface area (Å²) in [6, 6.07) is 3.20.